The average molecular weight is 282 g/mol. The first-order valence-electron chi connectivity index (χ1n) is 7.52. The summed E-state index contributed by atoms with van der Waals surface area (Å²) in [4.78, 5) is 2.35. The molecule has 21 heavy (non-hydrogen) atoms. The number of nitrogens with two attached hydrogens (primary N) is 1. The maximum atomic E-state index is 6.49. The van der Waals surface area contributed by atoms with Gasteiger partial charge in [0.1, 0.15) is 0 Å². The van der Waals surface area contributed by atoms with Gasteiger partial charge < -0.3 is 10.6 Å². The van der Waals surface area contributed by atoms with E-state index in [0.29, 0.717) is 0 Å². The van der Waals surface area contributed by atoms with Crippen molar-refractivity contribution in [2.24, 2.45) is 11.1 Å². The van der Waals surface area contributed by atoms with Crippen LogP contribution in [0.1, 0.15) is 31.0 Å². The predicted molar refractivity (Wildman–Crippen MR) is 89.9 cm³/mol. The van der Waals surface area contributed by atoms with Crippen LogP contribution in [0.15, 0.2) is 60.7 Å². The Balaban J connectivity index is 2.00. The Kier molecular flexibility index (Phi) is 5.16. The van der Waals surface area contributed by atoms with Gasteiger partial charge in [-0.1, -0.05) is 74.5 Å². The molecule has 2 nitrogen and oxygen atoms in total. The molecule has 0 heterocycles. The van der Waals surface area contributed by atoms with Gasteiger partial charge in [0.15, 0.2) is 0 Å². The van der Waals surface area contributed by atoms with Crippen LogP contribution in [-0.4, -0.2) is 18.5 Å². The summed E-state index contributed by atoms with van der Waals surface area (Å²) in [6, 6.07) is 21.0. The highest BCUT2D eigenvalue weighted by Gasteiger charge is 2.28. The van der Waals surface area contributed by atoms with Gasteiger partial charge in [-0.2, -0.15) is 0 Å². The van der Waals surface area contributed by atoms with E-state index in [2.05, 4.69) is 80.4 Å². The molecule has 0 aromatic heterocycles. The van der Waals surface area contributed by atoms with Gasteiger partial charge in [-0.05, 0) is 23.6 Å². The van der Waals surface area contributed by atoms with Crippen molar-refractivity contribution in [3.8, 4) is 0 Å². The lowest BCUT2D eigenvalue weighted by atomic mass is 9.80. The van der Waals surface area contributed by atoms with Gasteiger partial charge in [0.05, 0.1) is 0 Å². The molecule has 112 valence electrons. The van der Waals surface area contributed by atoms with E-state index in [1.165, 1.54) is 11.1 Å². The molecule has 1 unspecified atom stereocenters. The van der Waals surface area contributed by atoms with Crippen LogP contribution in [0.5, 0.6) is 0 Å². The lowest BCUT2D eigenvalue weighted by Gasteiger charge is -2.35. The van der Waals surface area contributed by atoms with Gasteiger partial charge in [-0.25, -0.2) is 0 Å². The zero-order valence-electron chi connectivity index (χ0n) is 13.3. The molecule has 0 saturated heterocycles. The van der Waals surface area contributed by atoms with Crippen molar-refractivity contribution >= 4 is 0 Å². The molecule has 2 aromatic rings. The lowest BCUT2D eigenvalue weighted by Crippen LogP contribution is -2.39. The quantitative estimate of drug-likeness (QED) is 0.872. The highest BCUT2D eigenvalue weighted by molar-refractivity contribution is 5.21. The number of nitrogens with zero attached hydrogens (tertiary/aromatic N) is 1. The summed E-state index contributed by atoms with van der Waals surface area (Å²) in [5.41, 5.74) is 9.05. The topological polar surface area (TPSA) is 29.3 Å². The molecule has 2 N–H and O–H groups in total. The molecular formula is C19H26N2. The molecule has 2 rings (SSSR count). The first-order valence-corrected chi connectivity index (χ1v) is 7.52. The Labute approximate surface area is 128 Å². The van der Waals surface area contributed by atoms with E-state index in [-0.39, 0.29) is 11.5 Å². The van der Waals surface area contributed by atoms with Crippen molar-refractivity contribution in [1.82, 2.24) is 4.90 Å². The van der Waals surface area contributed by atoms with E-state index in [0.717, 1.165) is 13.1 Å². The normalized spacial score (nSPS) is 13.4. The Morgan fingerprint density at radius 1 is 0.952 bits per heavy atom. The van der Waals surface area contributed by atoms with Crippen molar-refractivity contribution in [2.45, 2.75) is 26.4 Å². The SMILES string of the molecule is CN(Cc1ccccc1)CC(C)(C)C(N)c1ccccc1. The standard InChI is InChI=1S/C19H26N2/c1-19(2,18(20)17-12-8-5-9-13-17)15-21(3)14-16-10-6-4-7-11-16/h4-13,18H,14-15,20H2,1-3H3. The zero-order valence-corrected chi connectivity index (χ0v) is 13.3. The minimum absolute atomic E-state index is 0.0187. The average Bonchev–Trinajstić information content (AvgIpc) is 2.47. The number of hydrogen-bond acceptors (Lipinski definition) is 2. The minimum atomic E-state index is 0.0187. The second-order valence-electron chi connectivity index (χ2n) is 6.53. The van der Waals surface area contributed by atoms with Gasteiger partial charge >= 0.3 is 0 Å². The van der Waals surface area contributed by atoms with E-state index in [4.69, 9.17) is 5.73 Å². The van der Waals surface area contributed by atoms with Crippen LogP contribution >= 0.6 is 0 Å². The van der Waals surface area contributed by atoms with Gasteiger partial charge in [-0.15, -0.1) is 0 Å². The highest BCUT2D eigenvalue weighted by Crippen LogP contribution is 2.32. The summed E-state index contributed by atoms with van der Waals surface area (Å²) < 4.78 is 0. The summed E-state index contributed by atoms with van der Waals surface area (Å²) in [6.07, 6.45) is 0. The van der Waals surface area contributed by atoms with E-state index in [1.54, 1.807) is 0 Å². The second kappa shape index (κ2) is 6.88. The lowest BCUT2D eigenvalue weighted by molar-refractivity contribution is 0.172. The fraction of sp³-hybridized carbons (Fsp3) is 0.368. The molecular weight excluding hydrogens is 256 g/mol. The molecule has 2 aromatic carbocycles. The summed E-state index contributed by atoms with van der Waals surface area (Å²) in [5, 5.41) is 0. The molecule has 0 aliphatic rings. The monoisotopic (exact) mass is 282 g/mol. The van der Waals surface area contributed by atoms with Gasteiger partial charge in [0.25, 0.3) is 0 Å². The Morgan fingerprint density at radius 3 is 2.05 bits per heavy atom. The minimum Gasteiger partial charge on any atom is -0.323 e. The summed E-state index contributed by atoms with van der Waals surface area (Å²) in [6.45, 7) is 6.39. The third kappa shape index (κ3) is 4.42. The Morgan fingerprint density at radius 2 is 1.48 bits per heavy atom. The van der Waals surface area contributed by atoms with Crippen molar-refractivity contribution in [1.29, 1.82) is 0 Å². The third-order valence-electron chi connectivity index (χ3n) is 3.97. The van der Waals surface area contributed by atoms with Gasteiger partial charge in [0.2, 0.25) is 0 Å². The molecule has 0 amide bonds. The van der Waals surface area contributed by atoms with Crippen LogP contribution in [0, 0.1) is 5.41 Å². The molecule has 0 aliphatic heterocycles. The summed E-state index contributed by atoms with van der Waals surface area (Å²) in [5.74, 6) is 0. The smallest absolute Gasteiger partial charge is 0.0359 e. The first-order chi connectivity index (χ1) is 9.99. The van der Waals surface area contributed by atoms with Gasteiger partial charge in [-0.3, -0.25) is 0 Å². The van der Waals surface area contributed by atoms with Crippen LogP contribution in [-0.2, 0) is 6.54 Å². The van der Waals surface area contributed by atoms with Crippen molar-refractivity contribution < 1.29 is 0 Å². The van der Waals surface area contributed by atoms with Crippen molar-refractivity contribution in [3.63, 3.8) is 0 Å². The van der Waals surface area contributed by atoms with E-state index < -0.39 is 0 Å². The van der Waals surface area contributed by atoms with Crippen LogP contribution in [0.4, 0.5) is 0 Å². The van der Waals surface area contributed by atoms with Crippen LogP contribution in [0.25, 0.3) is 0 Å². The summed E-state index contributed by atoms with van der Waals surface area (Å²) >= 11 is 0. The molecule has 0 aliphatic carbocycles. The van der Waals surface area contributed by atoms with Gasteiger partial charge in [0, 0.05) is 19.1 Å². The molecule has 0 saturated carbocycles. The fourth-order valence-corrected chi connectivity index (χ4v) is 2.86. The molecule has 2 heteroatoms. The van der Waals surface area contributed by atoms with E-state index in [9.17, 15) is 0 Å². The molecule has 0 bridgehead atoms. The van der Waals surface area contributed by atoms with Crippen molar-refractivity contribution in [3.05, 3.63) is 71.8 Å². The predicted octanol–water partition coefficient (Wildman–Crippen LogP) is 3.84. The van der Waals surface area contributed by atoms with Crippen molar-refractivity contribution in [2.75, 3.05) is 13.6 Å². The molecule has 0 fully saturated rings. The molecule has 0 spiro atoms. The maximum absolute atomic E-state index is 6.49. The number of rotatable bonds is 6. The Hall–Kier alpha value is -1.64. The molecule has 0 radical (unpaired) electrons. The van der Waals surface area contributed by atoms with E-state index in [1.807, 2.05) is 6.07 Å². The highest BCUT2D eigenvalue weighted by atomic mass is 15.1. The Bertz CT molecular complexity index is 534. The van der Waals surface area contributed by atoms with Crippen LogP contribution < -0.4 is 5.73 Å². The second-order valence-corrected chi connectivity index (χ2v) is 6.53. The fourth-order valence-electron chi connectivity index (χ4n) is 2.86. The maximum Gasteiger partial charge on any atom is 0.0359 e. The summed E-state index contributed by atoms with van der Waals surface area (Å²) in [7, 11) is 2.16. The van der Waals surface area contributed by atoms with Crippen LogP contribution in [0.2, 0.25) is 0 Å². The van der Waals surface area contributed by atoms with Crippen LogP contribution in [0.3, 0.4) is 0 Å². The molecule has 1 atom stereocenters. The third-order valence-corrected chi connectivity index (χ3v) is 3.97. The van der Waals surface area contributed by atoms with E-state index >= 15 is 0 Å². The number of benzene rings is 2. The first kappa shape index (κ1) is 15.7. The largest absolute Gasteiger partial charge is 0.323 e. The number of hydrogen-bond donors (Lipinski definition) is 1. The zero-order chi connectivity index (χ0) is 15.3.